The van der Waals surface area contributed by atoms with Crippen molar-refractivity contribution < 1.29 is 4.74 Å². The number of fused-ring (bicyclic) bond motifs is 1. The Morgan fingerprint density at radius 2 is 1.73 bits per heavy atom. The van der Waals surface area contributed by atoms with Gasteiger partial charge in [0.25, 0.3) is 0 Å². The first-order valence-corrected chi connectivity index (χ1v) is 10.7. The SMILES string of the molecule is CN1CCN(c2cc(-c3cc(Oc4ccc5nc(N)sc5c4)ccn3)ccn2)CC1. The van der Waals surface area contributed by atoms with Crippen LogP contribution in [0.15, 0.2) is 54.9 Å². The lowest BCUT2D eigenvalue weighted by Crippen LogP contribution is -2.44. The molecule has 2 N–H and O–H groups in total. The zero-order valence-corrected chi connectivity index (χ0v) is 17.5. The number of nitrogens with zero attached hydrogens (tertiary/aromatic N) is 5. The number of aromatic nitrogens is 3. The van der Waals surface area contributed by atoms with Gasteiger partial charge in [-0.05, 0) is 37.4 Å². The second kappa shape index (κ2) is 7.89. The maximum atomic E-state index is 6.08. The Labute approximate surface area is 178 Å². The van der Waals surface area contributed by atoms with Gasteiger partial charge in [0.15, 0.2) is 5.13 Å². The van der Waals surface area contributed by atoms with Gasteiger partial charge in [-0.25, -0.2) is 9.97 Å². The van der Waals surface area contributed by atoms with Gasteiger partial charge >= 0.3 is 0 Å². The molecule has 8 heteroatoms. The lowest BCUT2D eigenvalue weighted by Gasteiger charge is -2.33. The van der Waals surface area contributed by atoms with Gasteiger partial charge in [0.1, 0.15) is 17.3 Å². The second-order valence-electron chi connectivity index (χ2n) is 7.35. The molecule has 4 aromatic rings. The minimum atomic E-state index is 0.558. The third-order valence-electron chi connectivity index (χ3n) is 5.21. The fourth-order valence-electron chi connectivity index (χ4n) is 3.54. The predicted octanol–water partition coefficient (Wildman–Crippen LogP) is 3.88. The van der Waals surface area contributed by atoms with Gasteiger partial charge in [-0.15, -0.1) is 0 Å². The fourth-order valence-corrected chi connectivity index (χ4v) is 4.30. The molecule has 0 unspecified atom stereocenters. The van der Waals surface area contributed by atoms with Gasteiger partial charge in [-0.2, -0.15) is 0 Å². The summed E-state index contributed by atoms with van der Waals surface area (Å²) in [5.74, 6) is 2.47. The molecule has 0 aliphatic carbocycles. The van der Waals surface area contributed by atoms with Gasteiger partial charge in [-0.1, -0.05) is 11.3 Å². The number of ether oxygens (including phenoxy) is 1. The van der Waals surface area contributed by atoms with Crippen LogP contribution in [-0.2, 0) is 0 Å². The van der Waals surface area contributed by atoms with E-state index in [1.807, 2.05) is 42.6 Å². The maximum absolute atomic E-state index is 6.08. The Bertz CT molecular complexity index is 1190. The van der Waals surface area contributed by atoms with Crippen LogP contribution in [0.4, 0.5) is 10.9 Å². The van der Waals surface area contributed by atoms with Crippen LogP contribution in [0.2, 0.25) is 0 Å². The van der Waals surface area contributed by atoms with E-state index in [9.17, 15) is 0 Å². The topological polar surface area (TPSA) is 80.4 Å². The number of anilines is 2. The van der Waals surface area contributed by atoms with Gasteiger partial charge in [0.2, 0.25) is 0 Å². The molecular formula is C22H22N6OS. The van der Waals surface area contributed by atoms with E-state index in [2.05, 4.69) is 37.9 Å². The molecule has 30 heavy (non-hydrogen) atoms. The number of piperazine rings is 1. The highest BCUT2D eigenvalue weighted by atomic mass is 32.1. The van der Waals surface area contributed by atoms with Crippen LogP contribution in [0.5, 0.6) is 11.5 Å². The molecule has 1 aliphatic heterocycles. The molecule has 0 radical (unpaired) electrons. The van der Waals surface area contributed by atoms with Crippen molar-refractivity contribution in [2.24, 2.45) is 0 Å². The first-order valence-electron chi connectivity index (χ1n) is 9.84. The quantitative estimate of drug-likeness (QED) is 0.539. The maximum Gasteiger partial charge on any atom is 0.181 e. The van der Waals surface area contributed by atoms with Crippen molar-refractivity contribution in [1.29, 1.82) is 0 Å². The summed E-state index contributed by atoms with van der Waals surface area (Å²) in [6.45, 7) is 4.05. The third kappa shape index (κ3) is 3.92. The van der Waals surface area contributed by atoms with E-state index < -0.39 is 0 Å². The molecule has 1 aromatic carbocycles. The average molecular weight is 419 g/mol. The monoisotopic (exact) mass is 418 g/mol. The minimum absolute atomic E-state index is 0.558. The minimum Gasteiger partial charge on any atom is -0.457 e. The molecule has 7 nitrogen and oxygen atoms in total. The lowest BCUT2D eigenvalue weighted by atomic mass is 10.1. The number of hydrogen-bond donors (Lipinski definition) is 1. The molecule has 0 amide bonds. The first kappa shape index (κ1) is 18.8. The van der Waals surface area contributed by atoms with Crippen molar-refractivity contribution in [3.63, 3.8) is 0 Å². The van der Waals surface area contributed by atoms with Gasteiger partial charge in [0, 0.05) is 56.3 Å². The normalized spacial score (nSPS) is 14.9. The van der Waals surface area contributed by atoms with Crippen molar-refractivity contribution in [2.75, 3.05) is 43.9 Å². The summed E-state index contributed by atoms with van der Waals surface area (Å²) < 4.78 is 7.09. The van der Waals surface area contributed by atoms with E-state index in [1.54, 1.807) is 6.20 Å². The molecule has 0 atom stereocenters. The summed E-state index contributed by atoms with van der Waals surface area (Å²) in [6, 6.07) is 13.7. The molecule has 1 saturated heterocycles. The number of rotatable bonds is 4. The summed E-state index contributed by atoms with van der Waals surface area (Å²) in [5, 5.41) is 0.558. The Kier molecular flexibility index (Phi) is 4.94. The Hall–Kier alpha value is -3.23. The number of benzene rings is 1. The molecule has 1 aliphatic rings. The number of pyridine rings is 2. The van der Waals surface area contributed by atoms with Crippen molar-refractivity contribution in [1.82, 2.24) is 19.9 Å². The van der Waals surface area contributed by atoms with Gasteiger partial charge in [0.05, 0.1) is 15.9 Å². The van der Waals surface area contributed by atoms with Gasteiger partial charge in [-0.3, -0.25) is 4.98 Å². The van der Waals surface area contributed by atoms with Crippen molar-refractivity contribution in [3.8, 4) is 22.8 Å². The van der Waals surface area contributed by atoms with E-state index in [1.165, 1.54) is 11.3 Å². The molecule has 0 bridgehead atoms. The number of nitrogens with two attached hydrogens (primary N) is 1. The molecule has 3 aromatic heterocycles. The molecule has 0 saturated carbocycles. The van der Waals surface area contributed by atoms with E-state index in [4.69, 9.17) is 10.5 Å². The number of likely N-dealkylation sites (N-methyl/N-ethyl adjacent to an activating group) is 1. The Morgan fingerprint density at radius 3 is 2.60 bits per heavy atom. The molecule has 152 valence electrons. The largest absolute Gasteiger partial charge is 0.457 e. The van der Waals surface area contributed by atoms with Crippen LogP contribution >= 0.6 is 11.3 Å². The van der Waals surface area contributed by atoms with Crippen LogP contribution in [0, 0.1) is 0 Å². The molecular weight excluding hydrogens is 396 g/mol. The molecule has 4 heterocycles. The second-order valence-corrected chi connectivity index (χ2v) is 8.42. The zero-order chi connectivity index (χ0) is 20.5. The van der Waals surface area contributed by atoms with Crippen molar-refractivity contribution >= 4 is 32.5 Å². The summed E-state index contributed by atoms with van der Waals surface area (Å²) in [4.78, 5) is 18.0. The number of hydrogen-bond acceptors (Lipinski definition) is 8. The summed E-state index contributed by atoms with van der Waals surface area (Å²) in [6.07, 6.45) is 3.62. The number of thiazole rings is 1. The van der Waals surface area contributed by atoms with Crippen molar-refractivity contribution in [2.45, 2.75) is 0 Å². The first-order chi connectivity index (χ1) is 14.6. The van der Waals surface area contributed by atoms with Gasteiger partial charge < -0.3 is 20.3 Å². The standard InChI is InChI=1S/C22H22N6OS/c1-27-8-10-28(11-9-27)21-12-15(4-6-25-21)19-13-17(5-7-24-19)29-16-2-3-18-20(14-16)30-22(23)26-18/h2-7,12-14H,8-11H2,1H3,(H2,23,26). The van der Waals surface area contributed by atoms with Crippen LogP contribution in [0.1, 0.15) is 0 Å². The highest BCUT2D eigenvalue weighted by molar-refractivity contribution is 7.22. The third-order valence-corrected chi connectivity index (χ3v) is 6.06. The van der Waals surface area contributed by atoms with Crippen LogP contribution in [0.25, 0.3) is 21.5 Å². The van der Waals surface area contributed by atoms with E-state index >= 15 is 0 Å². The average Bonchev–Trinajstić information content (AvgIpc) is 3.14. The lowest BCUT2D eigenvalue weighted by molar-refractivity contribution is 0.312. The fraction of sp³-hybridized carbons (Fsp3) is 0.227. The molecule has 0 spiro atoms. The predicted molar refractivity (Wildman–Crippen MR) is 121 cm³/mol. The van der Waals surface area contributed by atoms with Crippen LogP contribution in [-0.4, -0.2) is 53.1 Å². The summed E-state index contributed by atoms with van der Waals surface area (Å²) in [7, 11) is 2.15. The van der Waals surface area contributed by atoms with E-state index in [-0.39, 0.29) is 0 Å². The highest BCUT2D eigenvalue weighted by Gasteiger charge is 2.16. The molecule has 1 fully saturated rings. The molecule has 5 rings (SSSR count). The number of nitrogen functional groups attached to an aromatic ring is 1. The summed E-state index contributed by atoms with van der Waals surface area (Å²) in [5.41, 5.74) is 8.56. The van der Waals surface area contributed by atoms with Crippen LogP contribution < -0.4 is 15.4 Å². The summed E-state index contributed by atoms with van der Waals surface area (Å²) >= 11 is 1.45. The zero-order valence-electron chi connectivity index (χ0n) is 16.7. The smallest absolute Gasteiger partial charge is 0.181 e. The Balaban J connectivity index is 1.38. The van der Waals surface area contributed by atoms with E-state index in [0.717, 1.165) is 65.0 Å². The Morgan fingerprint density at radius 1 is 0.933 bits per heavy atom. The van der Waals surface area contributed by atoms with Crippen molar-refractivity contribution in [3.05, 3.63) is 54.9 Å². The van der Waals surface area contributed by atoms with E-state index in [0.29, 0.717) is 5.13 Å². The highest BCUT2D eigenvalue weighted by Crippen LogP contribution is 2.31. The van der Waals surface area contributed by atoms with Crippen LogP contribution in [0.3, 0.4) is 0 Å².